The van der Waals surface area contributed by atoms with Crippen LogP contribution in [0.5, 0.6) is 0 Å². The molecule has 1 aromatic heterocycles. The minimum absolute atomic E-state index is 0.139. The minimum atomic E-state index is -0.139. The molecule has 1 heterocycles. The molecule has 0 unspecified atom stereocenters. The predicted octanol–water partition coefficient (Wildman–Crippen LogP) is 3.07. The molecule has 0 saturated carbocycles. The maximum atomic E-state index is 13.3. The highest BCUT2D eigenvalue weighted by atomic mass is 35.5. The van der Waals surface area contributed by atoms with E-state index in [4.69, 9.17) is 11.6 Å². The van der Waals surface area contributed by atoms with Gasteiger partial charge in [0.25, 0.3) is 0 Å². The Labute approximate surface area is 85.6 Å². The van der Waals surface area contributed by atoms with Crippen LogP contribution in [0.4, 0.5) is 4.39 Å². The predicted molar refractivity (Wildman–Crippen MR) is 58.0 cm³/mol. The summed E-state index contributed by atoms with van der Waals surface area (Å²) in [5.74, 6) is 0. The van der Waals surface area contributed by atoms with Gasteiger partial charge in [-0.05, 0) is 23.0 Å². The molecular formula is C9H6BClFS. The maximum absolute atomic E-state index is 13.3. The van der Waals surface area contributed by atoms with Crippen LogP contribution in [0.1, 0.15) is 0 Å². The second-order valence-corrected chi connectivity index (χ2v) is 4.16. The highest BCUT2D eigenvalue weighted by Crippen LogP contribution is 2.25. The number of thiophene rings is 1. The standard InChI is InChI=1S/C9H6BClFS/c1-10-8-6-3-2-5(11)4-7(6)13-9(8)12/h2-4H,1H3. The Morgan fingerprint density at radius 3 is 2.92 bits per heavy atom. The van der Waals surface area contributed by atoms with E-state index >= 15 is 0 Å². The Morgan fingerprint density at radius 1 is 1.46 bits per heavy atom. The lowest BCUT2D eigenvalue weighted by atomic mass is 9.73. The number of hydrogen-bond acceptors (Lipinski definition) is 1. The van der Waals surface area contributed by atoms with E-state index in [1.807, 2.05) is 12.9 Å². The zero-order valence-electron chi connectivity index (χ0n) is 6.97. The zero-order valence-corrected chi connectivity index (χ0v) is 8.55. The van der Waals surface area contributed by atoms with Gasteiger partial charge < -0.3 is 0 Å². The van der Waals surface area contributed by atoms with Gasteiger partial charge in [-0.25, -0.2) is 0 Å². The quantitative estimate of drug-likeness (QED) is 0.636. The fourth-order valence-corrected chi connectivity index (χ4v) is 2.57. The summed E-state index contributed by atoms with van der Waals surface area (Å²) >= 11 is 6.93. The summed E-state index contributed by atoms with van der Waals surface area (Å²) in [6, 6.07) is 5.42. The summed E-state index contributed by atoms with van der Waals surface area (Å²) in [6.45, 7) is 1.83. The van der Waals surface area contributed by atoms with Crippen molar-refractivity contribution in [2.45, 2.75) is 6.82 Å². The molecule has 0 aliphatic heterocycles. The van der Waals surface area contributed by atoms with Crippen molar-refractivity contribution in [3.63, 3.8) is 0 Å². The van der Waals surface area contributed by atoms with Crippen molar-refractivity contribution in [2.75, 3.05) is 0 Å². The van der Waals surface area contributed by atoms with Crippen LogP contribution in [0.3, 0.4) is 0 Å². The summed E-state index contributed by atoms with van der Waals surface area (Å²) in [7, 11) is 1.78. The summed E-state index contributed by atoms with van der Waals surface area (Å²) < 4.78 is 14.2. The summed E-state index contributed by atoms with van der Waals surface area (Å²) in [5.41, 5.74) is 0.677. The first-order chi connectivity index (χ1) is 6.22. The SMILES string of the molecule is C[B]c1c(F)sc2cc(Cl)ccc12. The van der Waals surface area contributed by atoms with E-state index < -0.39 is 0 Å². The Balaban J connectivity index is 2.79. The molecule has 0 aliphatic carbocycles. The Hall–Kier alpha value is -0.535. The number of fused-ring (bicyclic) bond motifs is 1. The van der Waals surface area contributed by atoms with Crippen molar-refractivity contribution in [2.24, 2.45) is 0 Å². The van der Waals surface area contributed by atoms with E-state index in [9.17, 15) is 4.39 Å². The van der Waals surface area contributed by atoms with Crippen molar-refractivity contribution >= 4 is 45.8 Å². The topological polar surface area (TPSA) is 0 Å². The molecule has 2 rings (SSSR count). The molecule has 1 radical (unpaired) electrons. The van der Waals surface area contributed by atoms with Crippen molar-refractivity contribution in [1.82, 2.24) is 0 Å². The van der Waals surface area contributed by atoms with Gasteiger partial charge in [0.1, 0.15) is 0 Å². The van der Waals surface area contributed by atoms with Gasteiger partial charge in [0.05, 0.1) is 0 Å². The first-order valence-corrected chi connectivity index (χ1v) is 5.08. The van der Waals surface area contributed by atoms with E-state index in [1.54, 1.807) is 19.4 Å². The van der Waals surface area contributed by atoms with Crippen molar-refractivity contribution in [3.8, 4) is 0 Å². The largest absolute Gasteiger partial charge is 0.196 e. The molecule has 0 spiro atoms. The Bertz CT molecular complexity index is 452. The smallest absolute Gasteiger partial charge is 0.171 e. The zero-order chi connectivity index (χ0) is 9.42. The first kappa shape index (κ1) is 9.04. The maximum Gasteiger partial charge on any atom is 0.171 e. The van der Waals surface area contributed by atoms with Crippen molar-refractivity contribution in [1.29, 1.82) is 0 Å². The van der Waals surface area contributed by atoms with Crippen LogP contribution in [-0.4, -0.2) is 7.28 Å². The molecule has 0 atom stereocenters. The third kappa shape index (κ3) is 1.47. The van der Waals surface area contributed by atoms with E-state index in [1.165, 1.54) is 0 Å². The molecule has 0 bridgehead atoms. The molecule has 1 aromatic carbocycles. The Kier molecular flexibility index (Phi) is 2.30. The first-order valence-electron chi connectivity index (χ1n) is 3.89. The van der Waals surface area contributed by atoms with Gasteiger partial charge in [0, 0.05) is 9.72 Å². The molecule has 4 heteroatoms. The van der Waals surface area contributed by atoms with Gasteiger partial charge in [0.15, 0.2) is 12.4 Å². The molecule has 13 heavy (non-hydrogen) atoms. The van der Waals surface area contributed by atoms with Gasteiger partial charge in [0.2, 0.25) is 0 Å². The molecule has 65 valence electrons. The van der Waals surface area contributed by atoms with Crippen LogP contribution < -0.4 is 5.46 Å². The van der Waals surface area contributed by atoms with Crippen LogP contribution >= 0.6 is 22.9 Å². The lowest BCUT2D eigenvalue weighted by Gasteiger charge is -1.93. The second kappa shape index (κ2) is 3.31. The highest BCUT2D eigenvalue weighted by molar-refractivity contribution is 7.19. The van der Waals surface area contributed by atoms with Crippen LogP contribution in [0.25, 0.3) is 10.1 Å². The average molecular weight is 211 g/mol. The molecular weight excluding hydrogens is 205 g/mol. The normalized spacial score (nSPS) is 10.7. The van der Waals surface area contributed by atoms with Gasteiger partial charge in [-0.3, -0.25) is 0 Å². The number of rotatable bonds is 1. The number of halogens is 2. The van der Waals surface area contributed by atoms with Crippen LogP contribution in [0.2, 0.25) is 11.8 Å². The van der Waals surface area contributed by atoms with Gasteiger partial charge in [-0.15, -0.1) is 11.3 Å². The Morgan fingerprint density at radius 2 is 2.23 bits per heavy atom. The van der Waals surface area contributed by atoms with E-state index in [0.29, 0.717) is 10.5 Å². The number of hydrogen-bond donors (Lipinski definition) is 0. The van der Waals surface area contributed by atoms with E-state index in [0.717, 1.165) is 21.4 Å². The third-order valence-electron chi connectivity index (χ3n) is 1.93. The lowest BCUT2D eigenvalue weighted by molar-refractivity contribution is 0.665. The van der Waals surface area contributed by atoms with Crippen LogP contribution in [-0.2, 0) is 0 Å². The highest BCUT2D eigenvalue weighted by Gasteiger charge is 2.09. The molecule has 0 saturated heterocycles. The fraction of sp³-hybridized carbons (Fsp3) is 0.111. The lowest BCUT2D eigenvalue weighted by Crippen LogP contribution is -2.11. The monoisotopic (exact) mass is 211 g/mol. The van der Waals surface area contributed by atoms with Crippen molar-refractivity contribution in [3.05, 3.63) is 28.4 Å². The van der Waals surface area contributed by atoms with Crippen LogP contribution in [0, 0.1) is 5.13 Å². The molecule has 0 N–H and O–H groups in total. The van der Waals surface area contributed by atoms with E-state index in [-0.39, 0.29) is 5.13 Å². The van der Waals surface area contributed by atoms with Gasteiger partial charge in [-0.1, -0.05) is 24.5 Å². The number of benzene rings is 1. The molecule has 0 aliphatic rings. The molecule has 0 nitrogen and oxygen atoms in total. The van der Waals surface area contributed by atoms with Crippen molar-refractivity contribution < 1.29 is 4.39 Å². The van der Waals surface area contributed by atoms with Gasteiger partial charge in [-0.2, -0.15) is 4.39 Å². The summed E-state index contributed by atoms with van der Waals surface area (Å²) in [4.78, 5) is 0. The second-order valence-electron chi connectivity index (χ2n) is 2.72. The molecule has 2 aromatic rings. The van der Waals surface area contributed by atoms with Crippen LogP contribution in [0.15, 0.2) is 18.2 Å². The molecule has 0 amide bonds. The molecule has 0 fully saturated rings. The summed E-state index contributed by atoms with van der Waals surface area (Å²) in [5, 5.41) is 1.45. The minimum Gasteiger partial charge on any atom is -0.196 e. The fourth-order valence-electron chi connectivity index (χ4n) is 1.33. The average Bonchev–Trinajstić information content (AvgIpc) is 2.39. The van der Waals surface area contributed by atoms with Gasteiger partial charge >= 0.3 is 0 Å². The van der Waals surface area contributed by atoms with E-state index in [2.05, 4.69) is 0 Å². The third-order valence-corrected chi connectivity index (χ3v) is 3.13. The summed E-state index contributed by atoms with van der Waals surface area (Å²) in [6.07, 6.45) is 0.